The van der Waals surface area contributed by atoms with Crippen molar-refractivity contribution in [3.05, 3.63) is 35.5 Å². The van der Waals surface area contributed by atoms with E-state index in [0.717, 1.165) is 6.42 Å². The highest BCUT2D eigenvalue weighted by atomic mass is 14.0. The SMILES string of the molecule is CCCC=CC=C(CC=C(C)C)CCCCCC. The van der Waals surface area contributed by atoms with Gasteiger partial charge in [0, 0.05) is 0 Å². The zero-order valence-corrected chi connectivity index (χ0v) is 13.0. The summed E-state index contributed by atoms with van der Waals surface area (Å²) in [5.74, 6) is 0. The van der Waals surface area contributed by atoms with E-state index in [4.69, 9.17) is 0 Å². The molecule has 0 amide bonds. The first-order valence-electron chi connectivity index (χ1n) is 7.68. The highest BCUT2D eigenvalue weighted by Gasteiger charge is 1.95. The summed E-state index contributed by atoms with van der Waals surface area (Å²) >= 11 is 0. The van der Waals surface area contributed by atoms with Crippen LogP contribution < -0.4 is 0 Å². The molecular weight excluding hydrogens is 216 g/mol. The van der Waals surface area contributed by atoms with Crippen molar-refractivity contribution in [3.63, 3.8) is 0 Å². The summed E-state index contributed by atoms with van der Waals surface area (Å²) in [4.78, 5) is 0. The summed E-state index contributed by atoms with van der Waals surface area (Å²) in [5, 5.41) is 0. The Morgan fingerprint density at radius 3 is 2.33 bits per heavy atom. The zero-order chi connectivity index (χ0) is 13.6. The fourth-order valence-corrected chi connectivity index (χ4v) is 1.83. The molecule has 0 aromatic carbocycles. The third kappa shape index (κ3) is 11.7. The first kappa shape index (κ1) is 17.2. The Kier molecular flexibility index (Phi) is 12.1. The average molecular weight is 248 g/mol. The van der Waals surface area contributed by atoms with Crippen LogP contribution in [-0.4, -0.2) is 0 Å². The highest BCUT2D eigenvalue weighted by molar-refractivity contribution is 5.16. The lowest BCUT2D eigenvalue weighted by Crippen LogP contribution is -1.84. The lowest BCUT2D eigenvalue weighted by Gasteiger charge is -2.04. The first-order valence-corrected chi connectivity index (χ1v) is 7.68. The van der Waals surface area contributed by atoms with Gasteiger partial charge in [-0.2, -0.15) is 0 Å². The van der Waals surface area contributed by atoms with Crippen LogP contribution >= 0.6 is 0 Å². The van der Waals surface area contributed by atoms with Gasteiger partial charge in [-0.15, -0.1) is 0 Å². The number of unbranched alkanes of at least 4 members (excludes halogenated alkanes) is 4. The third-order valence-corrected chi connectivity index (χ3v) is 3.05. The van der Waals surface area contributed by atoms with Crippen LogP contribution in [0.3, 0.4) is 0 Å². The van der Waals surface area contributed by atoms with Gasteiger partial charge >= 0.3 is 0 Å². The van der Waals surface area contributed by atoms with Crippen molar-refractivity contribution in [2.45, 2.75) is 79.1 Å². The van der Waals surface area contributed by atoms with Gasteiger partial charge in [-0.3, -0.25) is 0 Å². The summed E-state index contributed by atoms with van der Waals surface area (Å²) in [6.07, 6.45) is 19.5. The molecule has 0 aromatic rings. The van der Waals surface area contributed by atoms with E-state index in [1.54, 1.807) is 5.57 Å². The molecule has 0 aliphatic carbocycles. The van der Waals surface area contributed by atoms with Crippen LogP contribution in [-0.2, 0) is 0 Å². The van der Waals surface area contributed by atoms with Crippen LogP contribution in [0.1, 0.15) is 79.1 Å². The average Bonchev–Trinajstić information content (AvgIpc) is 2.35. The molecule has 0 saturated heterocycles. The van der Waals surface area contributed by atoms with E-state index in [1.807, 2.05) is 0 Å². The van der Waals surface area contributed by atoms with Crippen LogP contribution in [0.25, 0.3) is 0 Å². The fraction of sp³-hybridized carbons (Fsp3) is 0.667. The van der Waals surface area contributed by atoms with Crippen molar-refractivity contribution in [3.8, 4) is 0 Å². The molecule has 0 radical (unpaired) electrons. The van der Waals surface area contributed by atoms with E-state index in [9.17, 15) is 0 Å². The maximum atomic E-state index is 2.35. The molecule has 104 valence electrons. The molecule has 0 heterocycles. The van der Waals surface area contributed by atoms with Crippen LogP contribution in [0.2, 0.25) is 0 Å². The van der Waals surface area contributed by atoms with Gasteiger partial charge in [0.15, 0.2) is 0 Å². The highest BCUT2D eigenvalue weighted by Crippen LogP contribution is 2.15. The monoisotopic (exact) mass is 248 g/mol. The standard InChI is InChI=1S/C18H32/c1-5-7-9-11-13-18(16-15-17(3)4)14-12-10-8-6-2/h9,11,13,15H,5-8,10,12,14,16H2,1-4H3. The lowest BCUT2D eigenvalue weighted by atomic mass is 10.0. The molecule has 0 saturated carbocycles. The summed E-state index contributed by atoms with van der Waals surface area (Å²) in [7, 11) is 0. The molecule has 0 nitrogen and oxygen atoms in total. The Morgan fingerprint density at radius 2 is 1.72 bits per heavy atom. The minimum Gasteiger partial charge on any atom is -0.0845 e. The zero-order valence-electron chi connectivity index (χ0n) is 13.0. The van der Waals surface area contributed by atoms with Crippen LogP contribution in [0.15, 0.2) is 35.5 Å². The summed E-state index contributed by atoms with van der Waals surface area (Å²) in [6, 6.07) is 0. The van der Waals surface area contributed by atoms with Gasteiger partial charge in [0.05, 0.1) is 0 Å². The number of rotatable bonds is 10. The lowest BCUT2D eigenvalue weighted by molar-refractivity contribution is 0.660. The quantitative estimate of drug-likeness (QED) is 0.232. The smallest absolute Gasteiger partial charge is 0.0133 e. The van der Waals surface area contributed by atoms with Crippen molar-refractivity contribution in [2.24, 2.45) is 0 Å². The van der Waals surface area contributed by atoms with Crippen LogP contribution in [0.5, 0.6) is 0 Å². The van der Waals surface area contributed by atoms with E-state index in [-0.39, 0.29) is 0 Å². The molecule has 0 fully saturated rings. The van der Waals surface area contributed by atoms with E-state index in [2.05, 4.69) is 52.0 Å². The second-order valence-electron chi connectivity index (χ2n) is 5.34. The Balaban J connectivity index is 4.19. The molecule has 0 atom stereocenters. The second kappa shape index (κ2) is 12.7. The molecule has 0 spiro atoms. The number of hydrogen-bond donors (Lipinski definition) is 0. The van der Waals surface area contributed by atoms with E-state index in [0.29, 0.717) is 0 Å². The normalized spacial score (nSPS) is 12.1. The Hall–Kier alpha value is -0.780. The van der Waals surface area contributed by atoms with Gasteiger partial charge in [0.2, 0.25) is 0 Å². The van der Waals surface area contributed by atoms with Crippen molar-refractivity contribution in [1.82, 2.24) is 0 Å². The van der Waals surface area contributed by atoms with Gasteiger partial charge in [-0.05, 0) is 39.5 Å². The van der Waals surface area contributed by atoms with Crippen LogP contribution in [0, 0.1) is 0 Å². The molecule has 0 N–H and O–H groups in total. The fourth-order valence-electron chi connectivity index (χ4n) is 1.83. The molecule has 0 aliphatic heterocycles. The molecule has 0 aromatic heterocycles. The predicted octanol–water partition coefficient (Wildman–Crippen LogP) is 6.60. The first-order chi connectivity index (χ1) is 8.70. The number of allylic oxidation sites excluding steroid dienone is 6. The van der Waals surface area contributed by atoms with Gasteiger partial charge in [-0.25, -0.2) is 0 Å². The minimum absolute atomic E-state index is 1.13. The Labute approximate surface area is 115 Å². The predicted molar refractivity (Wildman–Crippen MR) is 84.9 cm³/mol. The third-order valence-electron chi connectivity index (χ3n) is 3.05. The largest absolute Gasteiger partial charge is 0.0845 e. The Bertz CT molecular complexity index is 262. The van der Waals surface area contributed by atoms with E-state index >= 15 is 0 Å². The summed E-state index contributed by atoms with van der Waals surface area (Å²) in [5.41, 5.74) is 3.01. The maximum Gasteiger partial charge on any atom is -0.0133 e. The molecule has 0 unspecified atom stereocenters. The molecule has 0 heteroatoms. The van der Waals surface area contributed by atoms with Crippen molar-refractivity contribution >= 4 is 0 Å². The summed E-state index contributed by atoms with van der Waals surface area (Å²) in [6.45, 7) is 8.86. The van der Waals surface area contributed by atoms with Crippen LogP contribution in [0.4, 0.5) is 0 Å². The Morgan fingerprint density at radius 1 is 0.944 bits per heavy atom. The van der Waals surface area contributed by atoms with Gasteiger partial charge in [0.1, 0.15) is 0 Å². The molecular formula is C18H32. The minimum atomic E-state index is 1.13. The van der Waals surface area contributed by atoms with Crippen molar-refractivity contribution in [1.29, 1.82) is 0 Å². The van der Waals surface area contributed by atoms with Gasteiger partial charge < -0.3 is 0 Å². The van der Waals surface area contributed by atoms with Crippen molar-refractivity contribution in [2.75, 3.05) is 0 Å². The van der Waals surface area contributed by atoms with Crippen molar-refractivity contribution < 1.29 is 0 Å². The topological polar surface area (TPSA) is 0 Å². The molecule has 0 rings (SSSR count). The molecule has 0 bridgehead atoms. The molecule has 18 heavy (non-hydrogen) atoms. The maximum absolute atomic E-state index is 2.35. The summed E-state index contributed by atoms with van der Waals surface area (Å²) < 4.78 is 0. The second-order valence-corrected chi connectivity index (χ2v) is 5.34. The van der Waals surface area contributed by atoms with Gasteiger partial charge in [0.25, 0.3) is 0 Å². The molecule has 0 aliphatic rings. The van der Waals surface area contributed by atoms with E-state index in [1.165, 1.54) is 50.5 Å². The van der Waals surface area contributed by atoms with E-state index < -0.39 is 0 Å². The number of hydrogen-bond acceptors (Lipinski definition) is 0. The van der Waals surface area contributed by atoms with Gasteiger partial charge in [-0.1, -0.05) is 75.0 Å².